The second-order valence-electron chi connectivity index (χ2n) is 5.45. The van der Waals surface area contributed by atoms with E-state index in [4.69, 9.17) is 10.9 Å². The van der Waals surface area contributed by atoms with E-state index in [1.165, 1.54) is 18.6 Å². The van der Waals surface area contributed by atoms with Gasteiger partial charge in [-0.25, -0.2) is 4.39 Å². The Morgan fingerprint density at radius 3 is 2.75 bits per heavy atom. The van der Waals surface area contributed by atoms with Gasteiger partial charge in [0.1, 0.15) is 5.82 Å². The fourth-order valence-electron chi connectivity index (χ4n) is 3.32. The third kappa shape index (κ3) is 2.11. The number of nitrogens with two attached hydrogens (primary N) is 1. The number of amidine groups is 1. The third-order valence-corrected chi connectivity index (χ3v) is 4.33. The van der Waals surface area contributed by atoms with Gasteiger partial charge in [0.25, 0.3) is 0 Å². The number of nitrogens with zero attached hydrogens (tertiary/aromatic N) is 1. The molecule has 106 valence electrons. The molecule has 2 atom stereocenters. The molecule has 0 spiro atoms. The Balaban J connectivity index is 1.79. The number of carbonyl (C=O) groups excluding carboxylic acids is 1. The summed E-state index contributed by atoms with van der Waals surface area (Å²) in [5, 5.41) is 14.3. The summed E-state index contributed by atoms with van der Waals surface area (Å²) in [7, 11) is 0. The third-order valence-electron chi connectivity index (χ3n) is 4.33. The van der Waals surface area contributed by atoms with Gasteiger partial charge in [-0.05, 0) is 42.9 Å². The lowest BCUT2D eigenvalue weighted by atomic mass is 10.1. The first kappa shape index (κ1) is 12.9. The van der Waals surface area contributed by atoms with E-state index >= 15 is 0 Å². The predicted octanol–water partition coefficient (Wildman–Crippen LogP) is 1.90. The van der Waals surface area contributed by atoms with Gasteiger partial charge < -0.3 is 16.3 Å². The standard InChI is InChI=1S/C14H16FN3O2/c15-7-4-5-11(10(6-7)13(16)18-20)17-14(19)12-8-2-1-3-9(8)12/h4-6,8-9,12,20H,1-3H2,(H2,16,18)(H,17,19). The van der Waals surface area contributed by atoms with Gasteiger partial charge in [-0.3, -0.25) is 4.79 Å². The second kappa shape index (κ2) is 4.77. The zero-order valence-electron chi connectivity index (χ0n) is 10.8. The molecule has 0 heterocycles. The van der Waals surface area contributed by atoms with Crippen LogP contribution in [0.3, 0.4) is 0 Å². The van der Waals surface area contributed by atoms with Crippen LogP contribution >= 0.6 is 0 Å². The smallest absolute Gasteiger partial charge is 0.228 e. The number of rotatable bonds is 3. The highest BCUT2D eigenvalue weighted by atomic mass is 19.1. The largest absolute Gasteiger partial charge is 0.409 e. The minimum Gasteiger partial charge on any atom is -0.409 e. The van der Waals surface area contributed by atoms with Gasteiger partial charge in [0.05, 0.1) is 5.69 Å². The molecule has 2 saturated carbocycles. The van der Waals surface area contributed by atoms with Crippen molar-refractivity contribution in [2.45, 2.75) is 19.3 Å². The minimum absolute atomic E-state index is 0.0571. The van der Waals surface area contributed by atoms with Crippen LogP contribution in [0.2, 0.25) is 0 Å². The monoisotopic (exact) mass is 277 g/mol. The van der Waals surface area contributed by atoms with E-state index in [0.29, 0.717) is 17.5 Å². The summed E-state index contributed by atoms with van der Waals surface area (Å²) >= 11 is 0. The number of nitrogens with one attached hydrogen (secondary N) is 1. The van der Waals surface area contributed by atoms with Gasteiger partial charge in [-0.1, -0.05) is 11.6 Å². The van der Waals surface area contributed by atoms with Gasteiger partial charge in [-0.15, -0.1) is 0 Å². The first-order valence-electron chi connectivity index (χ1n) is 6.70. The molecule has 2 unspecified atom stereocenters. The zero-order valence-corrected chi connectivity index (χ0v) is 10.8. The molecule has 4 N–H and O–H groups in total. The van der Waals surface area contributed by atoms with Crippen LogP contribution in [0.5, 0.6) is 0 Å². The Morgan fingerprint density at radius 1 is 1.40 bits per heavy atom. The summed E-state index contributed by atoms with van der Waals surface area (Å²) in [6.07, 6.45) is 3.42. The number of halogens is 1. The Morgan fingerprint density at radius 2 is 2.10 bits per heavy atom. The van der Waals surface area contributed by atoms with Crippen molar-refractivity contribution in [2.75, 3.05) is 5.32 Å². The molecule has 5 nitrogen and oxygen atoms in total. The molecular formula is C14H16FN3O2. The van der Waals surface area contributed by atoms with E-state index in [0.717, 1.165) is 18.9 Å². The van der Waals surface area contributed by atoms with Crippen LogP contribution in [0.1, 0.15) is 24.8 Å². The molecule has 3 rings (SSSR count). The fraction of sp³-hybridized carbons (Fsp3) is 0.429. The van der Waals surface area contributed by atoms with E-state index < -0.39 is 5.82 Å². The lowest BCUT2D eigenvalue weighted by Crippen LogP contribution is -2.21. The average Bonchev–Trinajstić information content (AvgIpc) is 2.93. The van der Waals surface area contributed by atoms with Crippen LogP contribution in [-0.4, -0.2) is 17.0 Å². The first-order valence-corrected chi connectivity index (χ1v) is 6.70. The molecule has 0 bridgehead atoms. The average molecular weight is 277 g/mol. The van der Waals surface area contributed by atoms with Crippen LogP contribution in [0.15, 0.2) is 23.4 Å². The predicted molar refractivity (Wildman–Crippen MR) is 71.9 cm³/mol. The molecular weight excluding hydrogens is 261 g/mol. The van der Waals surface area contributed by atoms with E-state index in [-0.39, 0.29) is 23.2 Å². The number of anilines is 1. The highest BCUT2D eigenvalue weighted by molar-refractivity contribution is 6.06. The maximum absolute atomic E-state index is 13.2. The number of oxime groups is 1. The molecule has 0 aliphatic heterocycles. The highest BCUT2D eigenvalue weighted by Gasteiger charge is 2.56. The molecule has 20 heavy (non-hydrogen) atoms. The van der Waals surface area contributed by atoms with Crippen LogP contribution < -0.4 is 11.1 Å². The Bertz CT molecular complexity index is 578. The van der Waals surface area contributed by atoms with Crippen molar-refractivity contribution in [2.24, 2.45) is 28.6 Å². The lowest BCUT2D eigenvalue weighted by Gasteiger charge is -2.11. The molecule has 0 saturated heterocycles. The summed E-state index contributed by atoms with van der Waals surface area (Å²) < 4.78 is 13.2. The molecule has 6 heteroatoms. The Hall–Kier alpha value is -2.11. The van der Waals surface area contributed by atoms with Crippen LogP contribution in [0.25, 0.3) is 0 Å². The summed E-state index contributed by atoms with van der Waals surface area (Å²) in [5.74, 6) is 0.279. The number of amides is 1. The van der Waals surface area contributed by atoms with Crippen molar-refractivity contribution < 1.29 is 14.4 Å². The molecule has 1 aromatic carbocycles. The Kier molecular flexibility index (Phi) is 3.08. The fourth-order valence-corrected chi connectivity index (χ4v) is 3.32. The van der Waals surface area contributed by atoms with E-state index in [1.807, 2.05) is 0 Å². The maximum Gasteiger partial charge on any atom is 0.228 e. The molecule has 2 aliphatic carbocycles. The number of hydrogen-bond acceptors (Lipinski definition) is 3. The van der Waals surface area contributed by atoms with Crippen molar-refractivity contribution in [3.8, 4) is 0 Å². The minimum atomic E-state index is -0.507. The number of fused-ring (bicyclic) bond motifs is 1. The molecule has 0 radical (unpaired) electrons. The van der Waals surface area contributed by atoms with E-state index in [1.54, 1.807) is 0 Å². The molecule has 1 amide bonds. The topological polar surface area (TPSA) is 87.7 Å². The molecule has 1 aromatic rings. The van der Waals surface area contributed by atoms with Crippen LogP contribution in [0, 0.1) is 23.6 Å². The van der Waals surface area contributed by atoms with Gasteiger partial charge in [0.15, 0.2) is 5.84 Å². The maximum atomic E-state index is 13.2. The summed E-state index contributed by atoms with van der Waals surface area (Å²) in [6.45, 7) is 0. The Labute approximate surface area is 115 Å². The van der Waals surface area contributed by atoms with Crippen molar-refractivity contribution in [3.63, 3.8) is 0 Å². The zero-order chi connectivity index (χ0) is 14.3. The summed E-state index contributed by atoms with van der Waals surface area (Å²) in [5.41, 5.74) is 6.06. The number of benzene rings is 1. The van der Waals surface area contributed by atoms with Gasteiger partial charge in [-0.2, -0.15) is 0 Å². The normalized spacial score (nSPS) is 28.1. The van der Waals surface area contributed by atoms with Crippen LogP contribution in [-0.2, 0) is 4.79 Å². The lowest BCUT2D eigenvalue weighted by molar-refractivity contribution is -0.118. The summed E-state index contributed by atoms with van der Waals surface area (Å²) in [6, 6.07) is 3.80. The quantitative estimate of drug-likeness (QED) is 0.341. The molecule has 0 aromatic heterocycles. The van der Waals surface area contributed by atoms with Gasteiger partial charge in [0, 0.05) is 11.5 Å². The molecule has 2 fully saturated rings. The number of hydrogen-bond donors (Lipinski definition) is 3. The van der Waals surface area contributed by atoms with E-state index in [9.17, 15) is 9.18 Å². The SMILES string of the molecule is N/C(=N/O)c1cc(F)ccc1NC(=O)C1C2CCCC21. The summed E-state index contributed by atoms with van der Waals surface area (Å²) in [4.78, 5) is 12.2. The highest BCUT2D eigenvalue weighted by Crippen LogP contribution is 2.57. The van der Waals surface area contributed by atoms with Crippen molar-refractivity contribution in [1.82, 2.24) is 0 Å². The van der Waals surface area contributed by atoms with Crippen molar-refractivity contribution >= 4 is 17.4 Å². The van der Waals surface area contributed by atoms with Gasteiger partial charge in [0.2, 0.25) is 5.91 Å². The molecule has 2 aliphatic rings. The van der Waals surface area contributed by atoms with E-state index in [2.05, 4.69) is 10.5 Å². The van der Waals surface area contributed by atoms with Crippen molar-refractivity contribution in [1.29, 1.82) is 0 Å². The van der Waals surface area contributed by atoms with Gasteiger partial charge >= 0.3 is 0 Å². The van der Waals surface area contributed by atoms with Crippen LogP contribution in [0.4, 0.5) is 10.1 Å². The van der Waals surface area contributed by atoms with Crippen molar-refractivity contribution in [3.05, 3.63) is 29.6 Å². The first-order chi connectivity index (χ1) is 9.61. The second-order valence-corrected chi connectivity index (χ2v) is 5.45. The number of carbonyl (C=O) groups is 1.